The van der Waals surface area contributed by atoms with Crippen molar-refractivity contribution in [1.29, 1.82) is 0 Å². The minimum absolute atomic E-state index is 0.231. The van der Waals surface area contributed by atoms with E-state index >= 15 is 0 Å². The van der Waals surface area contributed by atoms with Gasteiger partial charge in [-0.25, -0.2) is 4.98 Å². The van der Waals surface area contributed by atoms with Crippen molar-refractivity contribution in [3.63, 3.8) is 0 Å². The highest BCUT2D eigenvalue weighted by Crippen LogP contribution is 2.18. The minimum atomic E-state index is -0.231. The summed E-state index contributed by atoms with van der Waals surface area (Å²) >= 11 is 5.85. The Balaban J connectivity index is 1.57. The summed E-state index contributed by atoms with van der Waals surface area (Å²) in [5.74, 6) is 0.544. The van der Waals surface area contributed by atoms with Crippen LogP contribution in [-0.4, -0.2) is 29.5 Å². The maximum Gasteiger partial charge on any atom is 0.268 e. The molecule has 1 aromatic carbocycles. The normalized spacial score (nSPS) is 10.5. The predicted molar refractivity (Wildman–Crippen MR) is 99.2 cm³/mol. The number of aromatic amines is 1. The number of rotatable bonds is 6. The van der Waals surface area contributed by atoms with Gasteiger partial charge >= 0.3 is 0 Å². The molecule has 2 heterocycles. The second kappa shape index (κ2) is 7.27. The fraction of sp³-hybridized carbons (Fsp3) is 0.111. The fourth-order valence-electron chi connectivity index (χ4n) is 2.33. The Morgan fingerprint density at radius 1 is 1.32 bits per heavy atom. The van der Waals surface area contributed by atoms with Crippen molar-refractivity contribution >= 4 is 34.1 Å². The van der Waals surface area contributed by atoms with E-state index in [0.29, 0.717) is 23.1 Å². The zero-order chi connectivity index (χ0) is 17.8. The summed E-state index contributed by atoms with van der Waals surface area (Å²) in [6.45, 7) is 4.21. The number of anilines is 1. The average molecular weight is 357 g/mol. The van der Waals surface area contributed by atoms with Gasteiger partial charge in [-0.05, 0) is 36.4 Å². The third-order valence-electron chi connectivity index (χ3n) is 3.59. The Bertz CT molecular complexity index is 918. The van der Waals surface area contributed by atoms with Gasteiger partial charge in [0.05, 0.1) is 25.4 Å². The molecule has 1 amide bonds. The number of hydrogen-bond donors (Lipinski definition) is 3. The molecule has 3 aromatic rings. The van der Waals surface area contributed by atoms with E-state index in [1.165, 1.54) is 0 Å². The maximum absolute atomic E-state index is 12.3. The SMILES string of the molecule is C=C(CNC(=O)c1cc2cc(Cl)ncc2[nH]1)Nc1ccc(OC)cc1. The number of ether oxygens (including phenoxy) is 1. The first-order chi connectivity index (χ1) is 12.0. The number of benzene rings is 1. The Labute approximate surface area is 149 Å². The Morgan fingerprint density at radius 3 is 2.80 bits per heavy atom. The van der Waals surface area contributed by atoms with Crippen LogP contribution in [0.15, 0.2) is 54.9 Å². The van der Waals surface area contributed by atoms with Crippen LogP contribution in [0.1, 0.15) is 10.5 Å². The highest BCUT2D eigenvalue weighted by Gasteiger charge is 2.10. The second-order valence-corrected chi connectivity index (χ2v) is 5.80. The van der Waals surface area contributed by atoms with E-state index in [-0.39, 0.29) is 5.91 Å². The van der Waals surface area contributed by atoms with Crippen LogP contribution in [0.4, 0.5) is 5.69 Å². The van der Waals surface area contributed by atoms with Gasteiger partial charge in [0.25, 0.3) is 5.91 Å². The molecule has 0 radical (unpaired) electrons. The third-order valence-corrected chi connectivity index (χ3v) is 3.80. The lowest BCUT2D eigenvalue weighted by Crippen LogP contribution is -2.27. The smallest absolute Gasteiger partial charge is 0.268 e. The molecule has 0 aliphatic heterocycles. The van der Waals surface area contributed by atoms with E-state index in [2.05, 4.69) is 27.2 Å². The monoisotopic (exact) mass is 356 g/mol. The van der Waals surface area contributed by atoms with E-state index in [1.54, 1.807) is 25.4 Å². The van der Waals surface area contributed by atoms with Gasteiger partial charge in [-0.2, -0.15) is 0 Å². The van der Waals surface area contributed by atoms with Gasteiger partial charge in [0.15, 0.2) is 0 Å². The number of fused-ring (bicyclic) bond motifs is 1. The first-order valence-electron chi connectivity index (χ1n) is 7.56. The molecule has 0 fully saturated rings. The molecule has 0 aliphatic carbocycles. The molecule has 3 rings (SSSR count). The van der Waals surface area contributed by atoms with Crippen LogP contribution in [0, 0.1) is 0 Å². The molecule has 0 unspecified atom stereocenters. The summed E-state index contributed by atoms with van der Waals surface area (Å²) in [5, 5.41) is 7.16. The molecule has 7 heteroatoms. The number of methoxy groups -OCH3 is 1. The van der Waals surface area contributed by atoms with Crippen molar-refractivity contribution in [3.8, 4) is 5.75 Å². The number of nitrogens with one attached hydrogen (secondary N) is 3. The minimum Gasteiger partial charge on any atom is -0.497 e. The van der Waals surface area contributed by atoms with Crippen LogP contribution in [0.3, 0.4) is 0 Å². The number of nitrogens with zero attached hydrogens (tertiary/aromatic N) is 1. The summed E-state index contributed by atoms with van der Waals surface area (Å²) in [5.41, 5.74) is 2.73. The largest absolute Gasteiger partial charge is 0.497 e. The number of carbonyl (C=O) groups is 1. The number of amides is 1. The van der Waals surface area contributed by atoms with E-state index < -0.39 is 0 Å². The molecule has 6 nitrogen and oxygen atoms in total. The van der Waals surface area contributed by atoms with Crippen molar-refractivity contribution in [3.05, 3.63) is 65.7 Å². The molecule has 0 spiro atoms. The number of halogens is 1. The van der Waals surface area contributed by atoms with E-state index in [1.807, 2.05) is 24.3 Å². The number of aromatic nitrogens is 2. The molecule has 3 N–H and O–H groups in total. The van der Waals surface area contributed by atoms with Crippen molar-refractivity contribution in [2.45, 2.75) is 0 Å². The van der Waals surface area contributed by atoms with Crippen LogP contribution in [0.25, 0.3) is 10.9 Å². The van der Waals surface area contributed by atoms with Crippen molar-refractivity contribution in [2.24, 2.45) is 0 Å². The summed E-state index contributed by atoms with van der Waals surface area (Å²) in [6, 6.07) is 10.9. The number of pyridine rings is 1. The zero-order valence-corrected chi connectivity index (χ0v) is 14.4. The summed E-state index contributed by atoms with van der Waals surface area (Å²) < 4.78 is 5.11. The van der Waals surface area contributed by atoms with Crippen molar-refractivity contribution in [1.82, 2.24) is 15.3 Å². The van der Waals surface area contributed by atoms with E-state index in [4.69, 9.17) is 16.3 Å². The maximum atomic E-state index is 12.3. The highest BCUT2D eigenvalue weighted by molar-refractivity contribution is 6.30. The quantitative estimate of drug-likeness (QED) is 0.590. The Kier molecular flexibility index (Phi) is 4.90. The van der Waals surface area contributed by atoms with Crippen LogP contribution in [0.5, 0.6) is 5.75 Å². The molecule has 2 aromatic heterocycles. The predicted octanol–water partition coefficient (Wildman–Crippen LogP) is 3.58. The summed E-state index contributed by atoms with van der Waals surface area (Å²) in [7, 11) is 1.62. The number of hydrogen-bond acceptors (Lipinski definition) is 4. The van der Waals surface area contributed by atoms with Crippen LogP contribution >= 0.6 is 11.6 Å². The van der Waals surface area contributed by atoms with Gasteiger partial charge in [-0.3, -0.25) is 4.79 Å². The van der Waals surface area contributed by atoms with Crippen LogP contribution in [-0.2, 0) is 0 Å². The molecule has 0 saturated heterocycles. The van der Waals surface area contributed by atoms with Crippen molar-refractivity contribution in [2.75, 3.05) is 19.0 Å². The average Bonchev–Trinajstić information content (AvgIpc) is 3.03. The van der Waals surface area contributed by atoms with Gasteiger partial charge in [-0.15, -0.1) is 0 Å². The van der Waals surface area contributed by atoms with Gasteiger partial charge in [-0.1, -0.05) is 18.2 Å². The molecular weight excluding hydrogens is 340 g/mol. The van der Waals surface area contributed by atoms with Crippen LogP contribution < -0.4 is 15.4 Å². The molecule has 0 bridgehead atoms. The van der Waals surface area contributed by atoms with Crippen molar-refractivity contribution < 1.29 is 9.53 Å². The van der Waals surface area contributed by atoms with E-state index in [9.17, 15) is 4.79 Å². The number of H-pyrrole nitrogens is 1. The standard InChI is InChI=1S/C18H17ClN4O2/c1-11(22-13-3-5-14(25-2)6-4-13)9-21-18(24)15-7-12-8-17(19)20-10-16(12)23-15/h3-8,10,22-23H,1,9H2,2H3,(H,21,24). The van der Waals surface area contributed by atoms with Gasteiger partial charge in [0, 0.05) is 16.8 Å². The lowest BCUT2D eigenvalue weighted by Gasteiger charge is -2.11. The highest BCUT2D eigenvalue weighted by atomic mass is 35.5. The first-order valence-corrected chi connectivity index (χ1v) is 7.94. The summed E-state index contributed by atoms with van der Waals surface area (Å²) in [4.78, 5) is 19.3. The molecule has 25 heavy (non-hydrogen) atoms. The lowest BCUT2D eigenvalue weighted by atomic mass is 10.3. The zero-order valence-electron chi connectivity index (χ0n) is 13.6. The third kappa shape index (κ3) is 4.10. The number of carbonyl (C=O) groups excluding carboxylic acids is 1. The van der Waals surface area contributed by atoms with E-state index in [0.717, 1.165) is 22.3 Å². The Hall–Kier alpha value is -2.99. The Morgan fingerprint density at radius 2 is 2.08 bits per heavy atom. The molecule has 128 valence electrons. The van der Waals surface area contributed by atoms with Gasteiger partial charge in [0.1, 0.15) is 16.6 Å². The lowest BCUT2D eigenvalue weighted by molar-refractivity contribution is 0.0953. The summed E-state index contributed by atoms with van der Waals surface area (Å²) in [6.07, 6.45) is 1.60. The fourth-order valence-corrected chi connectivity index (χ4v) is 2.50. The van der Waals surface area contributed by atoms with Crippen LogP contribution in [0.2, 0.25) is 5.15 Å². The van der Waals surface area contributed by atoms with Gasteiger partial charge < -0.3 is 20.4 Å². The topological polar surface area (TPSA) is 79.0 Å². The van der Waals surface area contributed by atoms with Gasteiger partial charge in [0.2, 0.25) is 0 Å². The molecular formula is C18H17ClN4O2. The molecule has 0 saturated carbocycles. The first kappa shape index (κ1) is 16.9. The molecule has 0 aliphatic rings. The molecule has 0 atom stereocenters. The second-order valence-electron chi connectivity index (χ2n) is 5.42.